The fraction of sp³-hybridized carbons (Fsp3) is 0.517. The predicted molar refractivity (Wildman–Crippen MR) is 145 cm³/mol. The first-order valence-electron chi connectivity index (χ1n) is 12.8. The average molecular weight is 496 g/mol. The number of hydrogen-bond donors (Lipinski definition) is 1. The number of nitrogens with zero attached hydrogens (tertiary/aromatic N) is 2. The van der Waals surface area contributed by atoms with Gasteiger partial charge in [0.15, 0.2) is 17.3 Å². The lowest BCUT2D eigenvalue weighted by Crippen LogP contribution is -2.53. The molecule has 196 valence electrons. The number of nitrogens with one attached hydrogen (secondary N) is 1. The van der Waals surface area contributed by atoms with Crippen molar-refractivity contribution < 1.29 is 19.1 Å². The van der Waals surface area contributed by atoms with E-state index < -0.39 is 6.04 Å². The summed E-state index contributed by atoms with van der Waals surface area (Å²) >= 11 is 0. The van der Waals surface area contributed by atoms with E-state index >= 15 is 0 Å². The molecular formula is C29H41N3O4. The van der Waals surface area contributed by atoms with E-state index in [1.807, 2.05) is 12.1 Å². The summed E-state index contributed by atoms with van der Waals surface area (Å²) in [7, 11) is 5.21. The third kappa shape index (κ3) is 6.65. The minimum absolute atomic E-state index is 0.000366. The molecule has 0 bridgehead atoms. The van der Waals surface area contributed by atoms with Crippen LogP contribution in [0.5, 0.6) is 11.5 Å². The summed E-state index contributed by atoms with van der Waals surface area (Å²) in [6.45, 7) is 11.7. The molecule has 1 fully saturated rings. The second-order valence-electron chi connectivity index (χ2n) is 10.2. The zero-order valence-corrected chi connectivity index (χ0v) is 22.8. The number of ketones is 1. The maximum atomic E-state index is 13.7. The zero-order chi connectivity index (χ0) is 26.4. The molecule has 1 atom stereocenters. The van der Waals surface area contributed by atoms with Crippen LogP contribution in [0.1, 0.15) is 67.4 Å². The number of rotatable bonds is 10. The Morgan fingerprint density at radius 2 is 1.56 bits per heavy atom. The smallest absolute Gasteiger partial charge is 0.242 e. The van der Waals surface area contributed by atoms with Gasteiger partial charge in [0.05, 0.1) is 20.3 Å². The average Bonchev–Trinajstić information content (AvgIpc) is 2.87. The highest BCUT2D eigenvalue weighted by molar-refractivity contribution is 6.03. The van der Waals surface area contributed by atoms with Gasteiger partial charge in [-0.1, -0.05) is 45.9 Å². The normalized spacial score (nSPS) is 15.7. The van der Waals surface area contributed by atoms with Crippen LogP contribution in [0.3, 0.4) is 0 Å². The van der Waals surface area contributed by atoms with Crippen molar-refractivity contribution in [1.29, 1.82) is 0 Å². The molecule has 7 heteroatoms. The van der Waals surface area contributed by atoms with Crippen molar-refractivity contribution in [3.8, 4) is 11.5 Å². The molecule has 1 heterocycles. The van der Waals surface area contributed by atoms with Crippen molar-refractivity contribution in [2.75, 3.05) is 52.8 Å². The Morgan fingerprint density at radius 1 is 0.889 bits per heavy atom. The van der Waals surface area contributed by atoms with Gasteiger partial charge in [0.2, 0.25) is 5.91 Å². The highest BCUT2D eigenvalue weighted by Gasteiger charge is 2.31. The van der Waals surface area contributed by atoms with Gasteiger partial charge in [-0.25, -0.2) is 0 Å². The lowest BCUT2D eigenvalue weighted by molar-refractivity contribution is -0.122. The van der Waals surface area contributed by atoms with Crippen molar-refractivity contribution in [3.63, 3.8) is 0 Å². The van der Waals surface area contributed by atoms with Crippen LogP contribution < -0.4 is 14.8 Å². The lowest BCUT2D eigenvalue weighted by Gasteiger charge is -2.37. The van der Waals surface area contributed by atoms with Gasteiger partial charge in [0.25, 0.3) is 0 Å². The van der Waals surface area contributed by atoms with Gasteiger partial charge < -0.3 is 19.7 Å². The number of ether oxygens (including phenoxy) is 2. The van der Waals surface area contributed by atoms with Crippen LogP contribution in [0, 0.1) is 0 Å². The Morgan fingerprint density at radius 3 is 2.14 bits per heavy atom. The van der Waals surface area contributed by atoms with Crippen LogP contribution in [0.25, 0.3) is 0 Å². The molecule has 2 aromatic carbocycles. The third-order valence-corrected chi connectivity index (χ3v) is 6.98. The van der Waals surface area contributed by atoms with Crippen molar-refractivity contribution >= 4 is 17.4 Å². The van der Waals surface area contributed by atoms with Gasteiger partial charge in [-0.3, -0.25) is 14.5 Å². The van der Waals surface area contributed by atoms with Gasteiger partial charge in [0, 0.05) is 49.9 Å². The quantitative estimate of drug-likeness (QED) is 0.479. The van der Waals surface area contributed by atoms with Crippen LogP contribution in [0.2, 0.25) is 0 Å². The number of carbonyl (C=O) groups excluding carboxylic acids is 2. The standard InChI is InChI=1S/C29H41N3O4/c1-19(2)21-8-10-23(24(16-21)20(3)4)26(33)18-25(32-14-12-31(5)13-15-32)29(34)30-22-9-11-27(35-6)28(17-22)36-7/h8-11,16-17,19-20,25H,12-15,18H2,1-7H3,(H,30,34). The number of Topliss-reactive ketones (excluding diaryl/α,β-unsaturated/α-hetero) is 1. The van der Waals surface area contributed by atoms with Crippen LogP contribution >= 0.6 is 0 Å². The summed E-state index contributed by atoms with van der Waals surface area (Å²) in [5, 5.41) is 3.01. The first-order chi connectivity index (χ1) is 17.1. The highest BCUT2D eigenvalue weighted by Crippen LogP contribution is 2.30. The first kappa shape index (κ1) is 27.7. The summed E-state index contributed by atoms with van der Waals surface area (Å²) in [5.74, 6) is 1.54. The molecular weight excluding hydrogens is 454 g/mol. The van der Waals surface area contributed by atoms with Gasteiger partial charge >= 0.3 is 0 Å². The van der Waals surface area contributed by atoms with Gasteiger partial charge in [0.1, 0.15) is 0 Å². The van der Waals surface area contributed by atoms with E-state index in [4.69, 9.17) is 9.47 Å². The third-order valence-electron chi connectivity index (χ3n) is 6.98. The van der Waals surface area contributed by atoms with Gasteiger partial charge in [-0.05, 0) is 42.1 Å². The first-order valence-corrected chi connectivity index (χ1v) is 12.8. The fourth-order valence-electron chi connectivity index (χ4n) is 4.62. The van der Waals surface area contributed by atoms with Crippen LogP contribution in [0.15, 0.2) is 36.4 Å². The van der Waals surface area contributed by atoms with E-state index in [1.165, 1.54) is 5.56 Å². The van der Waals surface area contributed by atoms with Crippen molar-refractivity contribution in [3.05, 3.63) is 53.1 Å². The summed E-state index contributed by atoms with van der Waals surface area (Å²) in [4.78, 5) is 31.6. The molecule has 3 rings (SSSR count). The maximum absolute atomic E-state index is 13.7. The summed E-state index contributed by atoms with van der Waals surface area (Å²) < 4.78 is 10.7. The maximum Gasteiger partial charge on any atom is 0.242 e. The predicted octanol–water partition coefficient (Wildman–Crippen LogP) is 4.78. The number of benzene rings is 2. The topological polar surface area (TPSA) is 71.1 Å². The number of carbonyl (C=O) groups is 2. The second-order valence-corrected chi connectivity index (χ2v) is 10.2. The Bertz CT molecular complexity index is 1060. The summed E-state index contributed by atoms with van der Waals surface area (Å²) in [6, 6.07) is 10.8. The minimum atomic E-state index is -0.566. The molecule has 1 saturated heterocycles. The monoisotopic (exact) mass is 495 g/mol. The van der Waals surface area contributed by atoms with E-state index in [-0.39, 0.29) is 24.0 Å². The van der Waals surface area contributed by atoms with E-state index in [0.717, 1.165) is 31.7 Å². The number of methoxy groups -OCH3 is 2. The molecule has 0 spiro atoms. The number of piperazine rings is 1. The summed E-state index contributed by atoms with van der Waals surface area (Å²) in [6.07, 6.45) is 0.129. The number of likely N-dealkylation sites (N-methyl/N-ethyl adjacent to an activating group) is 1. The van der Waals surface area contributed by atoms with Crippen molar-refractivity contribution in [2.45, 2.75) is 52.0 Å². The van der Waals surface area contributed by atoms with E-state index in [0.29, 0.717) is 28.7 Å². The van der Waals surface area contributed by atoms with Gasteiger partial charge in [-0.15, -0.1) is 0 Å². The molecule has 2 aromatic rings. The van der Waals surface area contributed by atoms with Crippen molar-refractivity contribution in [1.82, 2.24) is 9.80 Å². The molecule has 0 aromatic heterocycles. The number of anilines is 1. The highest BCUT2D eigenvalue weighted by atomic mass is 16.5. The molecule has 7 nitrogen and oxygen atoms in total. The zero-order valence-electron chi connectivity index (χ0n) is 22.8. The molecule has 0 saturated carbocycles. The fourth-order valence-corrected chi connectivity index (χ4v) is 4.62. The number of hydrogen-bond acceptors (Lipinski definition) is 6. The van der Waals surface area contributed by atoms with E-state index in [2.05, 4.69) is 55.9 Å². The SMILES string of the molecule is COc1ccc(NC(=O)C(CC(=O)c2ccc(C(C)C)cc2C(C)C)N2CCN(C)CC2)cc1OC. The van der Waals surface area contributed by atoms with E-state index in [9.17, 15) is 9.59 Å². The molecule has 36 heavy (non-hydrogen) atoms. The molecule has 1 amide bonds. The van der Waals surface area contributed by atoms with Crippen molar-refractivity contribution in [2.24, 2.45) is 0 Å². The Hall–Kier alpha value is -2.90. The number of amides is 1. The molecule has 1 aliphatic heterocycles. The van der Waals surface area contributed by atoms with Gasteiger partial charge in [-0.2, -0.15) is 0 Å². The van der Waals surface area contributed by atoms with E-state index in [1.54, 1.807) is 32.4 Å². The summed E-state index contributed by atoms with van der Waals surface area (Å²) in [5.41, 5.74) is 3.58. The Kier molecular flexibility index (Phi) is 9.51. The molecule has 1 N–H and O–H groups in total. The Labute approximate surface area is 215 Å². The van der Waals surface area contributed by atoms with Crippen LogP contribution in [-0.2, 0) is 4.79 Å². The largest absolute Gasteiger partial charge is 0.493 e. The molecule has 1 aliphatic rings. The van der Waals surface area contributed by atoms with Crippen LogP contribution in [0.4, 0.5) is 5.69 Å². The van der Waals surface area contributed by atoms with Crippen LogP contribution in [-0.4, -0.2) is 75.0 Å². The lowest BCUT2D eigenvalue weighted by atomic mass is 9.88. The second kappa shape index (κ2) is 12.4. The molecule has 1 unspecified atom stereocenters. The molecule has 0 aliphatic carbocycles. The molecule has 0 radical (unpaired) electrons. The Balaban J connectivity index is 1.88. The minimum Gasteiger partial charge on any atom is -0.493 e.